The predicted octanol–water partition coefficient (Wildman–Crippen LogP) is 6.34. The Hall–Kier alpha value is -0.630. The maximum atomic E-state index is 9.49. The molecule has 0 saturated carbocycles. The van der Waals surface area contributed by atoms with Crippen molar-refractivity contribution in [3.05, 3.63) is 28.8 Å². The SMILES string of the molecule is CCC(C)(C)c1ccc(OP(O)O)c(C(C)(C)CC)c1C(C)(C)CC. The molecule has 1 rings (SSSR count). The molecule has 0 bridgehead atoms. The Labute approximate surface area is 155 Å². The van der Waals surface area contributed by atoms with Gasteiger partial charge in [-0.15, -0.1) is 0 Å². The highest BCUT2D eigenvalue weighted by Gasteiger charge is 2.37. The van der Waals surface area contributed by atoms with Crippen molar-refractivity contribution in [1.82, 2.24) is 0 Å². The molecule has 25 heavy (non-hydrogen) atoms. The van der Waals surface area contributed by atoms with Gasteiger partial charge in [-0.2, -0.15) is 0 Å². The minimum atomic E-state index is -2.44. The van der Waals surface area contributed by atoms with Crippen molar-refractivity contribution >= 4 is 8.60 Å². The fraction of sp³-hybridized carbons (Fsp3) is 0.714. The fourth-order valence-electron chi connectivity index (χ4n) is 3.23. The first kappa shape index (κ1) is 22.4. The van der Waals surface area contributed by atoms with Crippen LogP contribution in [0.15, 0.2) is 12.1 Å². The Bertz CT molecular complexity index is 589. The minimum absolute atomic E-state index is 0.0312. The molecule has 0 aromatic heterocycles. The molecule has 0 aliphatic carbocycles. The van der Waals surface area contributed by atoms with E-state index in [0.717, 1.165) is 24.8 Å². The molecule has 3 nitrogen and oxygen atoms in total. The van der Waals surface area contributed by atoms with Gasteiger partial charge in [-0.25, -0.2) is 0 Å². The molecule has 0 fully saturated rings. The highest BCUT2D eigenvalue weighted by Crippen LogP contribution is 2.49. The van der Waals surface area contributed by atoms with Crippen molar-refractivity contribution in [2.45, 2.75) is 97.8 Å². The first-order valence-corrected chi connectivity index (χ1v) is 10.5. The largest absolute Gasteiger partial charge is 0.427 e. The van der Waals surface area contributed by atoms with Crippen molar-refractivity contribution in [2.24, 2.45) is 0 Å². The van der Waals surface area contributed by atoms with Crippen molar-refractivity contribution in [1.29, 1.82) is 0 Å². The summed E-state index contributed by atoms with van der Waals surface area (Å²) in [5, 5.41) is 0. The molecule has 0 radical (unpaired) electrons. The van der Waals surface area contributed by atoms with Crippen LogP contribution in [0.2, 0.25) is 0 Å². The number of hydrogen-bond donors (Lipinski definition) is 2. The summed E-state index contributed by atoms with van der Waals surface area (Å²) in [7, 11) is -2.44. The molecule has 0 unspecified atom stereocenters. The van der Waals surface area contributed by atoms with E-state index in [1.165, 1.54) is 11.1 Å². The van der Waals surface area contributed by atoms with E-state index in [-0.39, 0.29) is 16.2 Å². The molecule has 0 saturated heterocycles. The van der Waals surface area contributed by atoms with Crippen LogP contribution in [0.5, 0.6) is 5.75 Å². The Balaban J connectivity index is 3.96. The highest BCUT2D eigenvalue weighted by atomic mass is 31.2. The van der Waals surface area contributed by atoms with Crippen LogP contribution in [0.3, 0.4) is 0 Å². The van der Waals surface area contributed by atoms with Crippen molar-refractivity contribution in [2.75, 3.05) is 0 Å². The lowest BCUT2D eigenvalue weighted by Gasteiger charge is -2.40. The summed E-state index contributed by atoms with van der Waals surface area (Å²) in [6, 6.07) is 4.05. The van der Waals surface area contributed by atoms with E-state index in [9.17, 15) is 9.79 Å². The molecular formula is C21H37O3P. The molecule has 0 aliphatic heterocycles. The summed E-state index contributed by atoms with van der Waals surface area (Å²) in [5.41, 5.74) is 3.66. The van der Waals surface area contributed by atoms with Crippen LogP contribution in [0, 0.1) is 0 Å². The van der Waals surface area contributed by atoms with Crippen LogP contribution in [0.1, 0.15) is 98.3 Å². The summed E-state index contributed by atoms with van der Waals surface area (Å²) in [6.45, 7) is 20.1. The van der Waals surface area contributed by atoms with Crippen molar-refractivity contribution < 1.29 is 14.3 Å². The van der Waals surface area contributed by atoms with E-state index in [1.807, 2.05) is 6.07 Å². The maximum Gasteiger partial charge on any atom is 0.391 e. The van der Waals surface area contributed by atoms with Gasteiger partial charge in [-0.3, -0.25) is 0 Å². The molecular weight excluding hydrogens is 331 g/mol. The molecule has 0 atom stereocenters. The summed E-state index contributed by atoms with van der Waals surface area (Å²) >= 11 is 0. The van der Waals surface area contributed by atoms with Crippen LogP contribution in [-0.4, -0.2) is 9.79 Å². The highest BCUT2D eigenvalue weighted by molar-refractivity contribution is 7.39. The van der Waals surface area contributed by atoms with Gasteiger partial charge in [-0.1, -0.05) is 68.4 Å². The second kappa shape index (κ2) is 7.94. The Morgan fingerprint density at radius 1 is 0.760 bits per heavy atom. The summed E-state index contributed by atoms with van der Waals surface area (Å²) in [5.74, 6) is 0.607. The topological polar surface area (TPSA) is 49.7 Å². The van der Waals surface area contributed by atoms with Gasteiger partial charge in [0.15, 0.2) is 0 Å². The van der Waals surface area contributed by atoms with Gasteiger partial charge >= 0.3 is 8.60 Å². The zero-order valence-corrected chi connectivity index (χ0v) is 18.4. The number of hydrogen-bond acceptors (Lipinski definition) is 3. The molecule has 0 heterocycles. The number of rotatable bonds is 8. The smallest absolute Gasteiger partial charge is 0.391 e. The van der Waals surface area contributed by atoms with Gasteiger partial charge in [0.05, 0.1) is 0 Å². The van der Waals surface area contributed by atoms with Crippen LogP contribution in [0.4, 0.5) is 0 Å². The predicted molar refractivity (Wildman–Crippen MR) is 108 cm³/mol. The molecule has 2 N–H and O–H groups in total. The van der Waals surface area contributed by atoms with E-state index in [1.54, 1.807) is 0 Å². The van der Waals surface area contributed by atoms with Crippen molar-refractivity contribution in [3.8, 4) is 5.75 Å². The zero-order valence-electron chi connectivity index (χ0n) is 17.5. The normalized spacial score (nSPS) is 13.4. The van der Waals surface area contributed by atoms with Crippen LogP contribution in [-0.2, 0) is 16.2 Å². The van der Waals surface area contributed by atoms with E-state index in [0.29, 0.717) is 5.75 Å². The average Bonchev–Trinajstić information content (AvgIpc) is 2.53. The maximum absolute atomic E-state index is 9.49. The lowest BCUT2D eigenvalue weighted by Crippen LogP contribution is -2.31. The van der Waals surface area contributed by atoms with E-state index in [4.69, 9.17) is 4.52 Å². The first-order chi connectivity index (χ1) is 11.3. The van der Waals surface area contributed by atoms with E-state index >= 15 is 0 Å². The first-order valence-electron chi connectivity index (χ1n) is 9.38. The zero-order chi connectivity index (χ0) is 19.6. The molecule has 0 amide bonds. The van der Waals surface area contributed by atoms with Crippen molar-refractivity contribution in [3.63, 3.8) is 0 Å². The summed E-state index contributed by atoms with van der Waals surface area (Å²) in [6.07, 6.45) is 2.99. The number of benzene rings is 1. The lowest BCUT2D eigenvalue weighted by molar-refractivity contribution is 0.361. The summed E-state index contributed by atoms with van der Waals surface area (Å²) < 4.78 is 5.49. The lowest BCUT2D eigenvalue weighted by atomic mass is 9.65. The molecule has 1 aromatic carbocycles. The minimum Gasteiger partial charge on any atom is -0.427 e. The third-order valence-electron chi connectivity index (χ3n) is 6.08. The van der Waals surface area contributed by atoms with E-state index < -0.39 is 8.60 Å². The quantitative estimate of drug-likeness (QED) is 0.526. The summed E-state index contributed by atoms with van der Waals surface area (Å²) in [4.78, 5) is 19.0. The molecule has 1 aromatic rings. The average molecular weight is 368 g/mol. The van der Waals surface area contributed by atoms with Gasteiger partial charge < -0.3 is 14.3 Å². The Kier molecular flexibility index (Phi) is 7.12. The standard InChI is InChI=1S/C21H37O3P/c1-10-19(4,5)15-13-14-16(24-25(22)23)18(21(8,9)12-3)17(15)20(6,7)11-2/h13-14,22-23H,10-12H2,1-9H3. The third kappa shape index (κ3) is 4.76. The molecule has 144 valence electrons. The molecule has 4 heteroatoms. The monoisotopic (exact) mass is 368 g/mol. The molecule has 0 aliphatic rings. The van der Waals surface area contributed by atoms with Gasteiger partial charge in [0.1, 0.15) is 5.75 Å². The van der Waals surface area contributed by atoms with Crippen LogP contribution >= 0.6 is 8.60 Å². The second-order valence-corrected chi connectivity index (χ2v) is 9.61. The Morgan fingerprint density at radius 3 is 1.60 bits per heavy atom. The van der Waals surface area contributed by atoms with Gasteiger partial charge in [-0.05, 0) is 52.7 Å². The third-order valence-corrected chi connectivity index (χ3v) is 6.44. The van der Waals surface area contributed by atoms with Gasteiger partial charge in [0.25, 0.3) is 0 Å². The molecule has 0 spiro atoms. The van der Waals surface area contributed by atoms with Gasteiger partial charge in [0.2, 0.25) is 0 Å². The van der Waals surface area contributed by atoms with Crippen LogP contribution in [0.25, 0.3) is 0 Å². The fourth-order valence-corrected chi connectivity index (χ4v) is 3.56. The Morgan fingerprint density at radius 2 is 1.20 bits per heavy atom. The van der Waals surface area contributed by atoms with Gasteiger partial charge in [0, 0.05) is 5.56 Å². The second-order valence-electron chi connectivity index (χ2n) is 8.92. The van der Waals surface area contributed by atoms with Crippen LogP contribution < -0.4 is 4.52 Å². The van der Waals surface area contributed by atoms with E-state index in [2.05, 4.69) is 68.4 Å².